The highest BCUT2D eigenvalue weighted by atomic mass is 79.9. The summed E-state index contributed by atoms with van der Waals surface area (Å²) in [5, 5.41) is 26.6. The lowest BCUT2D eigenvalue weighted by Gasteiger charge is -2.17. The molecule has 0 fully saturated rings. The van der Waals surface area contributed by atoms with Crippen molar-refractivity contribution < 1.29 is 28.4 Å². The van der Waals surface area contributed by atoms with Crippen molar-refractivity contribution in [3.8, 4) is 54.0 Å². The number of anilines is 5. The molecule has 0 aliphatic carbocycles. The van der Waals surface area contributed by atoms with Crippen molar-refractivity contribution >= 4 is 209 Å². The Balaban J connectivity index is 0.000000120. The number of nitrogens with one attached hydrogen (secondary N) is 5. The van der Waals surface area contributed by atoms with Crippen LogP contribution in [0.4, 0.5) is 32.8 Å². The molecule has 10 aromatic heterocycles. The molecule has 0 aliphatic rings. The Labute approximate surface area is 789 Å². The first-order valence-electron chi connectivity index (χ1n) is 41.0. The predicted molar refractivity (Wildman–Crippen MR) is 530 cm³/mol. The van der Waals surface area contributed by atoms with Crippen molar-refractivity contribution in [2.45, 2.75) is 79.7 Å². The molecule has 34 heteroatoms. The van der Waals surface area contributed by atoms with Gasteiger partial charge < -0.3 is 49.4 Å². The molecule has 0 saturated heterocycles. The third-order valence-corrected chi connectivity index (χ3v) is 25.8. The van der Waals surface area contributed by atoms with E-state index in [0.29, 0.717) is 49.2 Å². The first kappa shape index (κ1) is 90.4. The summed E-state index contributed by atoms with van der Waals surface area (Å²) >= 11 is 22.5. The number of thiazole rings is 5. The molecule has 20 aromatic rings. The van der Waals surface area contributed by atoms with Crippen LogP contribution in [-0.4, -0.2) is 102 Å². The van der Waals surface area contributed by atoms with Gasteiger partial charge in [-0.15, -0.1) is 56.7 Å². The van der Waals surface area contributed by atoms with Crippen LogP contribution >= 0.6 is 95.8 Å². The Hall–Kier alpha value is -14.0. The molecule has 0 radical (unpaired) electrons. The number of rotatable bonds is 20. The zero-order valence-electron chi connectivity index (χ0n) is 71.1. The van der Waals surface area contributed by atoms with Gasteiger partial charge in [0.05, 0.1) is 71.2 Å². The summed E-state index contributed by atoms with van der Waals surface area (Å²) in [5.74, 6) is 2.23. The quantitative estimate of drug-likeness (QED) is 0.0474. The van der Waals surface area contributed by atoms with Crippen LogP contribution in [0.3, 0.4) is 0 Å². The van der Waals surface area contributed by atoms with Crippen LogP contribution in [0.5, 0.6) is 0 Å². The number of halogens is 4. The maximum atomic E-state index is 14.0. The second-order valence-corrected chi connectivity index (χ2v) is 36.2. The van der Waals surface area contributed by atoms with Gasteiger partial charge in [-0.05, 0) is 200 Å². The van der Waals surface area contributed by atoms with E-state index in [1.807, 2.05) is 258 Å². The van der Waals surface area contributed by atoms with Crippen molar-refractivity contribution in [2.24, 2.45) is 0 Å². The maximum Gasteiger partial charge on any atom is 0.247 e. The van der Waals surface area contributed by atoms with Crippen molar-refractivity contribution in [2.75, 3.05) is 26.6 Å². The van der Waals surface area contributed by atoms with Gasteiger partial charge in [-0.1, -0.05) is 135 Å². The smallest absolute Gasteiger partial charge is 0.247 e. The molecule has 131 heavy (non-hydrogen) atoms. The Bertz CT molecular complexity index is 7270. The molecule has 3 unspecified atom stereocenters. The predicted octanol–water partition coefficient (Wildman–Crippen LogP) is 24.1. The van der Waals surface area contributed by atoms with Gasteiger partial charge >= 0.3 is 0 Å². The van der Waals surface area contributed by atoms with Crippen LogP contribution in [0.15, 0.2) is 287 Å². The number of carbonyl (C=O) groups is 5. The van der Waals surface area contributed by atoms with Gasteiger partial charge in [0.15, 0.2) is 49.2 Å². The van der Waals surface area contributed by atoms with Crippen LogP contribution < -0.4 is 26.6 Å². The van der Waals surface area contributed by atoms with Gasteiger partial charge in [-0.2, -0.15) is 0 Å². The number of hydrogen-bond acceptors (Lipinski definition) is 20. The standard InChI is InChI=1S/C20H17ClN4OS.2C20H18N4OS.C19H15ClN4OS.C18H12BrFN4OS/c1-12-11-27-20(22-12)18-24-16-5-3-4-6-17(16)25(18)13(2)19(26)23-15-9-7-14(21)8-10-15;1-13-7-9-15(10-8-13)22-20(25)14(2)24-17-6-4-3-5-16(17)23-19(24)18-11-21-12-26-18;1-13-7-9-15(10-8-13)22-19(25)14(2)24-17-6-4-3-5-16(17)23-18(24)20-21-11-12-26-20;1-12-11-26-19(21-12)18-23-15-4-2-3-5-16(15)24(18)10-17(25)22-14-8-6-13(20)7-9-14;19-11-5-6-13(12(20)9-11)22-16(25)10-24-15-4-2-1-3-14(15)23-17(24)18-21-7-8-26-18/h3-11,13H,1-2H3,(H,23,26);2*3-12,14H,1-2H3,(H,22,25);2-9,11H,10H2,1H3,(H,22,25);1-9H,10H2,(H,22,25). The second kappa shape index (κ2) is 41.2. The summed E-state index contributed by atoms with van der Waals surface area (Å²) in [6.45, 7) is 13.7. The Kier molecular flexibility index (Phi) is 28.4. The second-order valence-electron chi connectivity index (χ2n) is 30.0. The summed E-state index contributed by atoms with van der Waals surface area (Å²) in [6, 6.07) is 71.7. The summed E-state index contributed by atoms with van der Waals surface area (Å²) in [4.78, 5) is 110. The van der Waals surface area contributed by atoms with Crippen LogP contribution in [0.2, 0.25) is 10.0 Å². The maximum absolute atomic E-state index is 14.0. The summed E-state index contributed by atoms with van der Waals surface area (Å²) in [6.07, 6.45) is 5.23. The lowest BCUT2D eigenvalue weighted by molar-refractivity contribution is -0.119. The van der Waals surface area contributed by atoms with Crippen LogP contribution in [0, 0.1) is 33.5 Å². The van der Waals surface area contributed by atoms with Crippen molar-refractivity contribution in [3.63, 3.8) is 0 Å². The average molecular weight is 1940 g/mol. The fourth-order valence-electron chi connectivity index (χ4n) is 14.2. The molecule has 0 bridgehead atoms. The van der Waals surface area contributed by atoms with Crippen molar-refractivity contribution in [3.05, 3.63) is 325 Å². The van der Waals surface area contributed by atoms with Crippen molar-refractivity contribution in [1.82, 2.24) is 72.7 Å². The molecule has 3 atom stereocenters. The Morgan fingerprint density at radius 1 is 0.389 bits per heavy atom. The first-order valence-corrected chi connectivity index (χ1v) is 46.9. The van der Waals surface area contributed by atoms with Gasteiger partial charge in [0.2, 0.25) is 29.5 Å². The molecule has 20 rings (SSSR count). The normalized spacial score (nSPS) is 11.7. The molecule has 0 aliphatic heterocycles. The topological polar surface area (TPSA) is 299 Å². The number of imidazole rings is 5. The number of aryl methyl sites for hydroxylation is 4. The molecule has 25 nitrogen and oxygen atoms in total. The fourth-order valence-corrected chi connectivity index (χ4v) is 18.2. The molecule has 0 saturated carbocycles. The molecule has 5 amide bonds. The molecule has 0 spiro atoms. The third-order valence-electron chi connectivity index (χ3n) is 20.6. The van der Waals surface area contributed by atoms with Gasteiger partial charge in [0.1, 0.15) is 37.0 Å². The van der Waals surface area contributed by atoms with Crippen LogP contribution in [0.1, 0.15) is 61.4 Å². The van der Waals surface area contributed by atoms with Gasteiger partial charge in [0, 0.05) is 88.8 Å². The monoisotopic (exact) mass is 1930 g/mol. The number of fused-ring (bicyclic) bond motifs is 5. The van der Waals surface area contributed by atoms with E-state index in [0.717, 1.165) is 120 Å². The van der Waals surface area contributed by atoms with E-state index < -0.39 is 23.9 Å². The zero-order chi connectivity index (χ0) is 91.3. The van der Waals surface area contributed by atoms with Crippen LogP contribution in [0.25, 0.3) is 109 Å². The molecule has 10 heterocycles. The Morgan fingerprint density at radius 2 is 0.740 bits per heavy atom. The number of para-hydroxylation sites is 10. The SMILES string of the molecule is Cc1ccc(NC(=O)C(C)n2c(-c3cncs3)nc3ccccc32)cc1.Cc1ccc(NC(=O)C(C)n2c(-c3nccs3)nc3ccccc32)cc1.Cc1csc(-c2nc3ccccc3n2C(C)C(=O)Nc2ccc(Cl)cc2)n1.Cc1csc(-c2nc3ccccc3n2CC(=O)Nc2ccc(Cl)cc2)n1.O=C(Cn1c(-c2nccs2)nc2ccccc21)Nc1ccc(Br)cc1F. The lowest BCUT2D eigenvalue weighted by Crippen LogP contribution is -2.24. The van der Waals surface area contributed by atoms with Crippen molar-refractivity contribution in [1.29, 1.82) is 0 Å². The van der Waals surface area contributed by atoms with Gasteiger partial charge in [0.25, 0.3) is 0 Å². The number of nitrogens with zero attached hydrogens (tertiary/aromatic N) is 15. The highest BCUT2D eigenvalue weighted by Crippen LogP contribution is 2.37. The van der Waals surface area contributed by atoms with E-state index >= 15 is 0 Å². The lowest BCUT2D eigenvalue weighted by atomic mass is 10.2. The van der Waals surface area contributed by atoms with E-state index in [9.17, 15) is 28.4 Å². The molecule has 10 aromatic carbocycles. The molecule has 656 valence electrons. The van der Waals surface area contributed by atoms with Crippen LogP contribution in [-0.2, 0) is 37.1 Å². The highest BCUT2D eigenvalue weighted by Gasteiger charge is 2.29. The van der Waals surface area contributed by atoms with E-state index in [-0.39, 0.29) is 48.3 Å². The number of amides is 5. The minimum absolute atomic E-state index is 0.00489. The number of carbonyl (C=O) groups excluding carboxylic acids is 5. The largest absolute Gasteiger partial charge is 0.325 e. The van der Waals surface area contributed by atoms with Gasteiger partial charge in [-0.25, -0.2) is 49.2 Å². The van der Waals surface area contributed by atoms with Gasteiger partial charge in [-0.3, -0.25) is 29.0 Å². The summed E-state index contributed by atoms with van der Waals surface area (Å²) < 4.78 is 24.2. The fraction of sp³-hybridized carbons (Fsp3) is 0.124. The highest BCUT2D eigenvalue weighted by molar-refractivity contribution is 9.10. The average Bonchev–Trinajstić information content (AvgIpc) is 1.37. The number of hydrogen-bond donors (Lipinski definition) is 5. The third kappa shape index (κ3) is 21.5. The van der Waals surface area contributed by atoms with E-state index in [2.05, 4.69) is 77.4 Å². The molecular weight excluding hydrogens is 1860 g/mol. The minimum Gasteiger partial charge on any atom is -0.325 e. The first-order chi connectivity index (χ1) is 63.5. The van der Waals surface area contributed by atoms with E-state index in [1.54, 1.807) is 83.3 Å². The zero-order valence-corrected chi connectivity index (χ0v) is 78.3. The number of benzene rings is 10. The number of aromatic nitrogens is 15. The summed E-state index contributed by atoms with van der Waals surface area (Å²) in [5.41, 5.74) is 17.7. The minimum atomic E-state index is -0.497. The summed E-state index contributed by atoms with van der Waals surface area (Å²) in [7, 11) is 0. The molecule has 5 N–H and O–H groups in total. The molecular formula is C97H80BrCl2FN20O5S5. The van der Waals surface area contributed by atoms with E-state index in [4.69, 9.17) is 38.2 Å². The Morgan fingerprint density at radius 3 is 1.14 bits per heavy atom. The van der Waals surface area contributed by atoms with E-state index in [1.165, 1.54) is 68.8 Å².